The molecule has 0 atom stereocenters. The highest BCUT2D eigenvalue weighted by molar-refractivity contribution is 5.92. The largest absolute Gasteiger partial charge is 0.463 e. The van der Waals surface area contributed by atoms with Gasteiger partial charge in [-0.05, 0) is 36.5 Å². The summed E-state index contributed by atoms with van der Waals surface area (Å²) in [5.74, 6) is -0.232. The molecule has 0 unspecified atom stereocenters. The number of allylic oxidation sites excluding steroid dienone is 1. The first-order chi connectivity index (χ1) is 7.31. The van der Waals surface area contributed by atoms with Crippen molar-refractivity contribution in [2.24, 2.45) is 0 Å². The van der Waals surface area contributed by atoms with Gasteiger partial charge in [-0.15, -0.1) is 0 Å². The van der Waals surface area contributed by atoms with E-state index in [4.69, 9.17) is 4.74 Å². The molecule has 1 aromatic carbocycles. The van der Waals surface area contributed by atoms with Gasteiger partial charge in [-0.2, -0.15) is 0 Å². The first-order valence-electron chi connectivity index (χ1n) is 5.27. The van der Waals surface area contributed by atoms with Crippen LogP contribution in [0.1, 0.15) is 24.5 Å². The van der Waals surface area contributed by atoms with Gasteiger partial charge in [0, 0.05) is 6.08 Å². The second kappa shape index (κ2) is 4.30. The summed E-state index contributed by atoms with van der Waals surface area (Å²) in [4.78, 5) is 11.3. The smallest absolute Gasteiger partial charge is 0.331 e. The molecule has 0 amide bonds. The van der Waals surface area contributed by atoms with Crippen LogP contribution in [0.2, 0.25) is 0 Å². The molecule has 0 aromatic heterocycles. The molecule has 1 aromatic rings. The molecule has 0 heterocycles. The Labute approximate surface area is 89.6 Å². The van der Waals surface area contributed by atoms with Crippen molar-refractivity contribution in [3.63, 3.8) is 0 Å². The van der Waals surface area contributed by atoms with Gasteiger partial charge in [0.15, 0.2) is 0 Å². The van der Waals surface area contributed by atoms with E-state index in [9.17, 15) is 4.79 Å². The first-order valence-corrected chi connectivity index (χ1v) is 5.27. The Hall–Kier alpha value is -1.57. The van der Waals surface area contributed by atoms with Gasteiger partial charge in [0.25, 0.3) is 0 Å². The number of carbonyl (C=O) groups is 1. The van der Waals surface area contributed by atoms with Gasteiger partial charge >= 0.3 is 5.97 Å². The van der Waals surface area contributed by atoms with Crippen molar-refractivity contribution in [3.05, 3.63) is 41.5 Å². The summed E-state index contributed by atoms with van der Waals surface area (Å²) in [6.07, 6.45) is 3.59. The van der Waals surface area contributed by atoms with Crippen LogP contribution >= 0.6 is 0 Å². The van der Waals surface area contributed by atoms with Gasteiger partial charge in [0.2, 0.25) is 0 Å². The van der Waals surface area contributed by atoms with E-state index in [1.54, 1.807) is 6.08 Å². The zero-order valence-electron chi connectivity index (χ0n) is 8.82. The Kier molecular flexibility index (Phi) is 2.86. The average molecular weight is 202 g/mol. The second-order valence-corrected chi connectivity index (χ2v) is 3.58. The molecule has 0 aliphatic heterocycles. The van der Waals surface area contributed by atoms with Gasteiger partial charge in [0.1, 0.15) is 0 Å². The quantitative estimate of drug-likeness (QED) is 0.544. The lowest BCUT2D eigenvalue weighted by atomic mass is 10.1. The van der Waals surface area contributed by atoms with Crippen molar-refractivity contribution in [1.82, 2.24) is 0 Å². The molecule has 15 heavy (non-hydrogen) atoms. The standard InChI is InChI=1S/C13H14O2/c1-2-15-13(14)9-11-8-7-10-5-3-4-6-12(10)11/h3-6,9H,2,7-8H2,1H3/b11-9+. The molecule has 0 N–H and O–H groups in total. The highest BCUT2D eigenvalue weighted by atomic mass is 16.5. The molecule has 78 valence electrons. The van der Waals surface area contributed by atoms with E-state index in [1.165, 1.54) is 11.1 Å². The minimum atomic E-state index is -0.232. The maximum absolute atomic E-state index is 11.3. The number of aryl methyl sites for hydroxylation is 1. The summed E-state index contributed by atoms with van der Waals surface area (Å²) in [6.45, 7) is 2.25. The van der Waals surface area contributed by atoms with Gasteiger partial charge in [-0.3, -0.25) is 0 Å². The summed E-state index contributed by atoms with van der Waals surface area (Å²) >= 11 is 0. The lowest BCUT2D eigenvalue weighted by molar-refractivity contribution is -0.137. The minimum absolute atomic E-state index is 0.232. The highest BCUT2D eigenvalue weighted by Gasteiger charge is 2.16. The second-order valence-electron chi connectivity index (χ2n) is 3.58. The highest BCUT2D eigenvalue weighted by Crippen LogP contribution is 2.31. The predicted octanol–water partition coefficient (Wildman–Crippen LogP) is 2.58. The van der Waals surface area contributed by atoms with Crippen LogP contribution in [0.3, 0.4) is 0 Å². The monoisotopic (exact) mass is 202 g/mol. The number of ether oxygens (including phenoxy) is 1. The van der Waals surface area contributed by atoms with Crippen molar-refractivity contribution >= 4 is 11.5 Å². The van der Waals surface area contributed by atoms with Crippen LogP contribution in [0.5, 0.6) is 0 Å². The summed E-state index contributed by atoms with van der Waals surface area (Å²) in [5.41, 5.74) is 3.63. The number of rotatable bonds is 2. The molecule has 2 nitrogen and oxygen atoms in total. The van der Waals surface area contributed by atoms with Crippen LogP contribution in [0.4, 0.5) is 0 Å². The van der Waals surface area contributed by atoms with Crippen molar-refractivity contribution in [3.8, 4) is 0 Å². The Morgan fingerprint density at radius 3 is 3.00 bits per heavy atom. The minimum Gasteiger partial charge on any atom is -0.463 e. The summed E-state index contributed by atoms with van der Waals surface area (Å²) in [5, 5.41) is 0. The normalized spacial score (nSPS) is 16.5. The summed E-state index contributed by atoms with van der Waals surface area (Å²) in [7, 11) is 0. The van der Waals surface area contributed by atoms with Crippen LogP contribution in [0.15, 0.2) is 30.3 Å². The third-order valence-electron chi connectivity index (χ3n) is 2.61. The molecule has 1 aliphatic rings. The van der Waals surface area contributed by atoms with Crippen molar-refractivity contribution < 1.29 is 9.53 Å². The maximum atomic E-state index is 11.3. The first kappa shape index (κ1) is 9.97. The predicted molar refractivity (Wildman–Crippen MR) is 59.4 cm³/mol. The average Bonchev–Trinajstić information content (AvgIpc) is 2.62. The van der Waals surface area contributed by atoms with Gasteiger partial charge in [0.05, 0.1) is 6.61 Å². The zero-order valence-corrected chi connectivity index (χ0v) is 8.82. The summed E-state index contributed by atoms with van der Waals surface area (Å²) in [6, 6.07) is 8.21. The topological polar surface area (TPSA) is 26.3 Å². The molecule has 0 saturated carbocycles. The number of fused-ring (bicyclic) bond motifs is 1. The molecule has 0 radical (unpaired) electrons. The molecule has 0 fully saturated rings. The van der Waals surface area contributed by atoms with Crippen LogP contribution < -0.4 is 0 Å². The van der Waals surface area contributed by atoms with E-state index in [0.29, 0.717) is 6.61 Å². The van der Waals surface area contributed by atoms with Gasteiger partial charge in [-0.25, -0.2) is 4.79 Å². The van der Waals surface area contributed by atoms with E-state index in [1.807, 2.05) is 19.1 Å². The van der Waals surface area contributed by atoms with E-state index in [-0.39, 0.29) is 5.97 Å². The molecule has 2 rings (SSSR count). The molecule has 2 heteroatoms. The number of esters is 1. The van der Waals surface area contributed by atoms with Crippen molar-refractivity contribution in [2.45, 2.75) is 19.8 Å². The van der Waals surface area contributed by atoms with Crippen LogP contribution in [-0.2, 0) is 16.0 Å². The number of benzene rings is 1. The maximum Gasteiger partial charge on any atom is 0.331 e. The van der Waals surface area contributed by atoms with Crippen LogP contribution in [0, 0.1) is 0 Å². The lowest BCUT2D eigenvalue weighted by Gasteiger charge is -2.00. The molecule has 1 aliphatic carbocycles. The van der Waals surface area contributed by atoms with Crippen molar-refractivity contribution in [1.29, 1.82) is 0 Å². The third-order valence-corrected chi connectivity index (χ3v) is 2.61. The van der Waals surface area contributed by atoms with Crippen molar-refractivity contribution in [2.75, 3.05) is 6.61 Å². The Morgan fingerprint density at radius 1 is 1.40 bits per heavy atom. The van der Waals surface area contributed by atoms with Crippen LogP contribution in [-0.4, -0.2) is 12.6 Å². The summed E-state index contributed by atoms with van der Waals surface area (Å²) < 4.78 is 4.90. The van der Waals surface area contributed by atoms with E-state index in [0.717, 1.165) is 18.4 Å². The zero-order chi connectivity index (χ0) is 10.7. The molecule has 0 saturated heterocycles. The third kappa shape index (κ3) is 2.09. The molecular formula is C13H14O2. The van der Waals surface area contributed by atoms with Gasteiger partial charge < -0.3 is 4.74 Å². The number of carbonyl (C=O) groups excluding carboxylic acids is 1. The van der Waals surface area contributed by atoms with Gasteiger partial charge in [-0.1, -0.05) is 24.3 Å². The Morgan fingerprint density at radius 2 is 2.20 bits per heavy atom. The van der Waals surface area contributed by atoms with E-state index < -0.39 is 0 Å². The SMILES string of the molecule is CCOC(=O)/C=C1\CCc2ccccc21. The lowest BCUT2D eigenvalue weighted by Crippen LogP contribution is -2.00. The fourth-order valence-electron chi connectivity index (χ4n) is 1.93. The van der Waals surface area contributed by atoms with E-state index >= 15 is 0 Å². The Balaban J connectivity index is 2.23. The Bertz CT molecular complexity index is 405. The number of hydrogen-bond donors (Lipinski definition) is 0. The molecule has 0 spiro atoms. The van der Waals surface area contributed by atoms with Crippen LogP contribution in [0.25, 0.3) is 5.57 Å². The molecular weight excluding hydrogens is 188 g/mol. The van der Waals surface area contributed by atoms with E-state index in [2.05, 4.69) is 12.1 Å². The fraction of sp³-hybridized carbons (Fsp3) is 0.308. The fourth-order valence-corrected chi connectivity index (χ4v) is 1.93. The number of hydrogen-bond acceptors (Lipinski definition) is 2. The molecule has 0 bridgehead atoms.